The van der Waals surface area contributed by atoms with E-state index >= 15 is 0 Å². The summed E-state index contributed by atoms with van der Waals surface area (Å²) in [4.78, 5) is 16.0. The lowest BCUT2D eigenvalue weighted by atomic mass is 10.1. The first kappa shape index (κ1) is 20.0. The monoisotopic (exact) mass is 390 g/mol. The zero-order valence-corrected chi connectivity index (χ0v) is 16.4. The summed E-state index contributed by atoms with van der Waals surface area (Å²) in [6, 6.07) is 5.34. The van der Waals surface area contributed by atoms with Crippen LogP contribution in [-0.2, 0) is 16.1 Å². The van der Waals surface area contributed by atoms with Gasteiger partial charge in [0.1, 0.15) is 5.82 Å². The molecule has 2 aromatic rings. The number of ether oxygens (including phenoxy) is 1. The van der Waals surface area contributed by atoms with Crippen molar-refractivity contribution >= 4 is 29.2 Å². The smallest absolute Gasteiger partial charge is 0.337 e. The Hall–Kier alpha value is -2.30. The van der Waals surface area contributed by atoms with Crippen molar-refractivity contribution in [1.82, 2.24) is 9.55 Å². The quantitative estimate of drug-likeness (QED) is 0.376. The Labute approximate surface area is 163 Å². The fourth-order valence-corrected chi connectivity index (χ4v) is 2.84. The van der Waals surface area contributed by atoms with Gasteiger partial charge in [0.2, 0.25) is 0 Å². The van der Waals surface area contributed by atoms with Gasteiger partial charge >= 0.3 is 5.97 Å². The van der Waals surface area contributed by atoms with E-state index in [0.717, 1.165) is 22.7 Å². The largest absolute Gasteiger partial charge is 0.465 e. The lowest BCUT2D eigenvalue weighted by Gasteiger charge is -2.06. The van der Waals surface area contributed by atoms with Crippen LogP contribution in [0.25, 0.3) is 11.3 Å². The number of hydrogen-bond donors (Lipinski definition) is 0. The van der Waals surface area contributed by atoms with E-state index in [1.165, 1.54) is 7.11 Å². The number of carbonyl (C=O) groups is 1. The highest BCUT2D eigenvalue weighted by molar-refractivity contribution is 6.36. The summed E-state index contributed by atoms with van der Waals surface area (Å²) < 4.78 is 6.66. The number of carbonyl (C=O) groups excluding carboxylic acids is 1. The van der Waals surface area contributed by atoms with Crippen molar-refractivity contribution in [3.8, 4) is 11.3 Å². The van der Waals surface area contributed by atoms with Crippen LogP contribution in [0.3, 0.4) is 0 Å². The van der Waals surface area contributed by atoms with E-state index in [0.29, 0.717) is 22.2 Å². The minimum absolute atomic E-state index is 0.294. The maximum Gasteiger partial charge on any atom is 0.337 e. The SMILES string of the molecule is C=C(/C=C\C(=C/C)Cn1cc(-c2ccc(Cl)cc2Cl)nc1C)C(=O)OC. The second kappa shape index (κ2) is 8.88. The second-order valence-corrected chi connectivity index (χ2v) is 6.48. The third-order valence-electron chi connectivity index (χ3n) is 3.85. The van der Waals surface area contributed by atoms with Gasteiger partial charge in [-0.25, -0.2) is 9.78 Å². The molecule has 0 amide bonds. The predicted octanol–water partition coefficient (Wildman–Crippen LogP) is 5.40. The Morgan fingerprint density at radius 3 is 2.69 bits per heavy atom. The van der Waals surface area contributed by atoms with Crippen molar-refractivity contribution in [3.63, 3.8) is 0 Å². The van der Waals surface area contributed by atoms with Crippen molar-refractivity contribution < 1.29 is 9.53 Å². The van der Waals surface area contributed by atoms with Gasteiger partial charge in [-0.2, -0.15) is 0 Å². The molecule has 2 rings (SSSR count). The van der Waals surface area contributed by atoms with E-state index in [4.69, 9.17) is 23.2 Å². The summed E-state index contributed by atoms with van der Waals surface area (Å²) in [5, 5.41) is 1.14. The molecular weight excluding hydrogens is 371 g/mol. The lowest BCUT2D eigenvalue weighted by molar-refractivity contribution is -0.135. The van der Waals surface area contributed by atoms with Crippen LogP contribution in [0.2, 0.25) is 10.0 Å². The van der Waals surface area contributed by atoms with Gasteiger partial charge in [-0.3, -0.25) is 0 Å². The van der Waals surface area contributed by atoms with Crippen molar-refractivity contribution in [2.75, 3.05) is 7.11 Å². The molecule has 26 heavy (non-hydrogen) atoms. The lowest BCUT2D eigenvalue weighted by Crippen LogP contribution is -2.03. The van der Waals surface area contributed by atoms with Crippen molar-refractivity contribution in [3.05, 3.63) is 76.2 Å². The first-order chi connectivity index (χ1) is 12.3. The fraction of sp³-hybridized carbons (Fsp3) is 0.200. The molecule has 0 saturated carbocycles. The first-order valence-corrected chi connectivity index (χ1v) is 8.71. The molecule has 0 fully saturated rings. The molecule has 0 aliphatic heterocycles. The molecule has 0 radical (unpaired) electrons. The molecule has 0 aliphatic rings. The van der Waals surface area contributed by atoms with Crippen LogP contribution >= 0.6 is 23.2 Å². The highest BCUT2D eigenvalue weighted by Crippen LogP contribution is 2.30. The van der Waals surface area contributed by atoms with Gasteiger partial charge < -0.3 is 9.30 Å². The Morgan fingerprint density at radius 2 is 2.08 bits per heavy atom. The summed E-state index contributed by atoms with van der Waals surface area (Å²) in [5.74, 6) is 0.403. The van der Waals surface area contributed by atoms with Crippen LogP contribution in [0.5, 0.6) is 0 Å². The van der Waals surface area contributed by atoms with Gasteiger partial charge in [0.05, 0.1) is 23.4 Å². The minimum atomic E-state index is -0.449. The molecule has 0 saturated heterocycles. The van der Waals surface area contributed by atoms with E-state index in [2.05, 4.69) is 16.3 Å². The molecule has 4 nitrogen and oxygen atoms in total. The zero-order chi connectivity index (χ0) is 19.3. The van der Waals surface area contributed by atoms with Gasteiger partial charge in [-0.1, -0.05) is 41.9 Å². The van der Waals surface area contributed by atoms with Gasteiger partial charge in [-0.15, -0.1) is 0 Å². The maximum absolute atomic E-state index is 11.4. The number of hydrogen-bond acceptors (Lipinski definition) is 3. The summed E-state index contributed by atoms with van der Waals surface area (Å²) in [6.07, 6.45) is 7.39. The number of benzene rings is 1. The zero-order valence-electron chi connectivity index (χ0n) is 14.9. The van der Waals surface area contributed by atoms with Crippen LogP contribution in [0, 0.1) is 6.92 Å². The van der Waals surface area contributed by atoms with Crippen LogP contribution in [0.1, 0.15) is 12.7 Å². The summed E-state index contributed by atoms with van der Waals surface area (Å²) in [5.41, 5.74) is 2.91. The van der Waals surface area contributed by atoms with E-state index in [-0.39, 0.29) is 0 Å². The van der Waals surface area contributed by atoms with Crippen LogP contribution < -0.4 is 0 Å². The highest BCUT2D eigenvalue weighted by Gasteiger charge is 2.11. The van der Waals surface area contributed by atoms with E-state index < -0.39 is 5.97 Å². The van der Waals surface area contributed by atoms with Crippen molar-refractivity contribution in [2.45, 2.75) is 20.4 Å². The van der Waals surface area contributed by atoms with Gasteiger partial charge in [0.25, 0.3) is 0 Å². The summed E-state index contributed by atoms with van der Waals surface area (Å²) in [7, 11) is 1.33. The first-order valence-electron chi connectivity index (χ1n) is 7.95. The molecule has 1 aromatic carbocycles. The number of rotatable bonds is 6. The molecule has 0 N–H and O–H groups in total. The average Bonchev–Trinajstić information content (AvgIpc) is 2.97. The topological polar surface area (TPSA) is 44.1 Å². The van der Waals surface area contributed by atoms with Gasteiger partial charge in [0.15, 0.2) is 0 Å². The van der Waals surface area contributed by atoms with E-state index in [1.54, 1.807) is 18.2 Å². The number of esters is 1. The summed E-state index contributed by atoms with van der Waals surface area (Å²) in [6.45, 7) is 8.15. The molecule has 0 aliphatic carbocycles. The average molecular weight is 391 g/mol. The number of nitrogens with zero attached hydrogens (tertiary/aromatic N) is 2. The standard InChI is InChI=1S/C20H20Cl2N2O2/c1-5-15(7-6-13(2)20(25)26-4)11-24-12-19(23-14(24)3)17-9-8-16(21)10-18(17)22/h5-10,12H,2,11H2,1,3-4H3/b7-6-,15-5+. The highest BCUT2D eigenvalue weighted by atomic mass is 35.5. The molecule has 0 unspecified atom stereocenters. The number of allylic oxidation sites excluding steroid dienone is 3. The second-order valence-electron chi connectivity index (χ2n) is 5.64. The fourth-order valence-electron chi connectivity index (χ4n) is 2.34. The van der Waals surface area contributed by atoms with Gasteiger partial charge in [-0.05, 0) is 43.7 Å². The van der Waals surface area contributed by atoms with Crippen LogP contribution in [0.15, 0.2) is 60.3 Å². The number of imidazole rings is 1. The maximum atomic E-state index is 11.4. The normalized spacial score (nSPS) is 11.8. The molecule has 1 heterocycles. The summed E-state index contributed by atoms with van der Waals surface area (Å²) >= 11 is 12.2. The molecular formula is C20H20Cl2N2O2. The molecule has 6 heteroatoms. The Kier molecular flexibility index (Phi) is 6.83. The number of halogens is 2. The molecule has 0 bridgehead atoms. The molecule has 0 atom stereocenters. The number of aromatic nitrogens is 2. The Morgan fingerprint density at radius 1 is 1.35 bits per heavy atom. The van der Waals surface area contributed by atoms with Crippen molar-refractivity contribution in [2.24, 2.45) is 0 Å². The van der Waals surface area contributed by atoms with Crippen LogP contribution in [0.4, 0.5) is 0 Å². The Bertz CT molecular complexity index is 895. The molecule has 1 aromatic heterocycles. The minimum Gasteiger partial charge on any atom is -0.465 e. The third-order valence-corrected chi connectivity index (χ3v) is 4.40. The number of aryl methyl sites for hydroxylation is 1. The van der Waals surface area contributed by atoms with Gasteiger partial charge in [0, 0.05) is 23.3 Å². The van der Waals surface area contributed by atoms with Crippen LogP contribution in [-0.4, -0.2) is 22.6 Å². The van der Waals surface area contributed by atoms with E-state index in [9.17, 15) is 4.79 Å². The van der Waals surface area contributed by atoms with E-state index in [1.807, 2.05) is 42.8 Å². The predicted molar refractivity (Wildman–Crippen MR) is 106 cm³/mol. The number of methoxy groups -OCH3 is 1. The molecule has 136 valence electrons. The van der Waals surface area contributed by atoms with Crippen molar-refractivity contribution in [1.29, 1.82) is 0 Å². The Balaban J connectivity index is 2.22. The molecule has 0 spiro atoms. The third kappa shape index (κ3) is 4.87.